The van der Waals surface area contributed by atoms with Crippen molar-refractivity contribution in [3.05, 3.63) is 101 Å². The SMILES string of the molecule is Cc1ccccc1N(CC(=O)N(Cc1ccccc1Cl)C(Cc1ccccc1)C(=O)NC1CCCCC1)S(C)(=O)=O. The second-order valence-electron chi connectivity index (χ2n) is 10.7. The minimum atomic E-state index is -3.82. The summed E-state index contributed by atoms with van der Waals surface area (Å²) in [6.07, 6.45) is 6.42. The Morgan fingerprint density at radius 1 is 0.927 bits per heavy atom. The normalized spacial score (nSPS) is 14.7. The standard InChI is InChI=1S/C32H38ClN3O4S/c1-24-13-9-12-20-29(24)36(41(2,39)40)23-31(37)35(22-26-16-10-11-19-28(26)33)30(21-25-14-5-3-6-15-25)32(38)34-27-17-7-4-8-18-27/h3,5-6,9-16,19-20,27,30H,4,7-8,17-18,21-23H2,1-2H3,(H,34,38). The summed E-state index contributed by atoms with van der Waals surface area (Å²) in [4.78, 5) is 29.7. The fourth-order valence-corrected chi connectivity index (χ4v) is 6.45. The van der Waals surface area contributed by atoms with Gasteiger partial charge in [0.2, 0.25) is 21.8 Å². The molecule has 1 N–H and O–H groups in total. The maximum absolute atomic E-state index is 14.2. The van der Waals surface area contributed by atoms with Gasteiger partial charge in [0.1, 0.15) is 12.6 Å². The number of carbonyl (C=O) groups is 2. The van der Waals surface area contributed by atoms with Crippen molar-refractivity contribution in [1.82, 2.24) is 10.2 Å². The predicted octanol–water partition coefficient (Wildman–Crippen LogP) is 5.50. The zero-order chi connectivity index (χ0) is 29.4. The first kappa shape index (κ1) is 30.6. The lowest BCUT2D eigenvalue weighted by atomic mass is 9.94. The van der Waals surface area contributed by atoms with Gasteiger partial charge in [-0.3, -0.25) is 13.9 Å². The predicted molar refractivity (Wildman–Crippen MR) is 164 cm³/mol. The number of benzene rings is 3. The summed E-state index contributed by atoms with van der Waals surface area (Å²) in [6, 6.07) is 22.9. The monoisotopic (exact) mass is 595 g/mol. The minimum absolute atomic E-state index is 0.0475. The highest BCUT2D eigenvalue weighted by atomic mass is 35.5. The number of rotatable bonds is 11. The van der Waals surface area contributed by atoms with E-state index < -0.39 is 28.5 Å². The Labute approximate surface area is 248 Å². The molecule has 1 aliphatic rings. The smallest absolute Gasteiger partial charge is 0.244 e. The summed E-state index contributed by atoms with van der Waals surface area (Å²) in [6.45, 7) is 1.41. The van der Waals surface area contributed by atoms with Gasteiger partial charge in [0.15, 0.2) is 0 Å². The van der Waals surface area contributed by atoms with Crippen LogP contribution >= 0.6 is 11.6 Å². The fourth-order valence-electron chi connectivity index (χ4n) is 5.35. The second kappa shape index (κ2) is 14.0. The second-order valence-corrected chi connectivity index (χ2v) is 13.0. The van der Waals surface area contributed by atoms with Crippen molar-refractivity contribution >= 4 is 39.1 Å². The number of halogens is 1. The molecule has 0 radical (unpaired) electrons. The van der Waals surface area contributed by atoms with E-state index in [2.05, 4.69) is 5.32 Å². The van der Waals surface area contributed by atoms with Crippen LogP contribution in [0, 0.1) is 6.92 Å². The highest BCUT2D eigenvalue weighted by Gasteiger charge is 2.34. The molecule has 9 heteroatoms. The van der Waals surface area contributed by atoms with Crippen molar-refractivity contribution in [1.29, 1.82) is 0 Å². The topological polar surface area (TPSA) is 86.8 Å². The molecular formula is C32H38ClN3O4S. The maximum atomic E-state index is 14.2. The van der Waals surface area contributed by atoms with E-state index in [1.165, 1.54) is 4.90 Å². The summed E-state index contributed by atoms with van der Waals surface area (Å²) >= 11 is 6.52. The van der Waals surface area contributed by atoms with Gasteiger partial charge >= 0.3 is 0 Å². The van der Waals surface area contributed by atoms with Crippen LogP contribution in [-0.2, 0) is 32.6 Å². The van der Waals surface area contributed by atoms with Crippen LogP contribution in [0.1, 0.15) is 48.8 Å². The number of para-hydroxylation sites is 1. The number of hydrogen-bond donors (Lipinski definition) is 1. The molecule has 1 unspecified atom stereocenters. The van der Waals surface area contributed by atoms with Crippen LogP contribution in [0.3, 0.4) is 0 Å². The van der Waals surface area contributed by atoms with Crippen molar-refractivity contribution in [3.63, 3.8) is 0 Å². The molecule has 218 valence electrons. The van der Waals surface area contributed by atoms with E-state index in [0.29, 0.717) is 16.3 Å². The molecule has 1 saturated carbocycles. The van der Waals surface area contributed by atoms with E-state index in [1.54, 1.807) is 37.3 Å². The molecule has 0 aromatic heterocycles. The van der Waals surface area contributed by atoms with Crippen molar-refractivity contribution in [2.75, 3.05) is 17.1 Å². The summed E-state index contributed by atoms with van der Waals surface area (Å²) < 4.78 is 27.0. The van der Waals surface area contributed by atoms with Crippen LogP contribution in [0.5, 0.6) is 0 Å². The Balaban J connectivity index is 1.74. The van der Waals surface area contributed by atoms with Crippen LogP contribution in [0.4, 0.5) is 5.69 Å². The lowest BCUT2D eigenvalue weighted by Gasteiger charge is -2.35. The van der Waals surface area contributed by atoms with Gasteiger partial charge in [-0.1, -0.05) is 97.6 Å². The first-order chi connectivity index (χ1) is 19.6. The molecule has 0 bridgehead atoms. The maximum Gasteiger partial charge on any atom is 0.244 e. The number of nitrogens with one attached hydrogen (secondary N) is 1. The number of anilines is 1. The molecule has 0 saturated heterocycles. The molecule has 7 nitrogen and oxygen atoms in total. The molecule has 1 atom stereocenters. The average Bonchev–Trinajstić information content (AvgIpc) is 2.95. The van der Waals surface area contributed by atoms with Crippen LogP contribution in [-0.4, -0.2) is 50.0 Å². The molecule has 4 rings (SSSR count). The fraction of sp³-hybridized carbons (Fsp3) is 0.375. The Morgan fingerprint density at radius 3 is 2.22 bits per heavy atom. The Kier molecular flexibility index (Phi) is 10.5. The number of hydrogen-bond acceptors (Lipinski definition) is 4. The molecule has 41 heavy (non-hydrogen) atoms. The number of nitrogens with zero attached hydrogens (tertiary/aromatic N) is 2. The van der Waals surface area contributed by atoms with Crippen LogP contribution in [0.25, 0.3) is 0 Å². The Morgan fingerprint density at radius 2 is 1.56 bits per heavy atom. The quantitative estimate of drug-likeness (QED) is 0.317. The van der Waals surface area contributed by atoms with Gasteiger partial charge in [0.05, 0.1) is 11.9 Å². The van der Waals surface area contributed by atoms with E-state index in [-0.39, 0.29) is 24.9 Å². The van der Waals surface area contributed by atoms with Gasteiger partial charge in [-0.25, -0.2) is 8.42 Å². The summed E-state index contributed by atoms with van der Waals surface area (Å²) in [7, 11) is -3.82. The van der Waals surface area contributed by atoms with Crippen LogP contribution in [0.2, 0.25) is 5.02 Å². The van der Waals surface area contributed by atoms with Gasteiger partial charge in [-0.05, 0) is 48.6 Å². The summed E-state index contributed by atoms with van der Waals surface area (Å²) in [5.41, 5.74) is 2.71. The molecule has 2 amide bonds. The largest absolute Gasteiger partial charge is 0.352 e. The molecule has 0 aliphatic heterocycles. The third kappa shape index (κ3) is 8.33. The lowest BCUT2D eigenvalue weighted by Crippen LogP contribution is -2.55. The van der Waals surface area contributed by atoms with E-state index >= 15 is 0 Å². The van der Waals surface area contributed by atoms with E-state index in [9.17, 15) is 18.0 Å². The van der Waals surface area contributed by atoms with Crippen molar-refractivity contribution in [2.24, 2.45) is 0 Å². The van der Waals surface area contributed by atoms with Gasteiger partial charge in [0, 0.05) is 24.0 Å². The number of amides is 2. The van der Waals surface area contributed by atoms with E-state index in [4.69, 9.17) is 11.6 Å². The van der Waals surface area contributed by atoms with Crippen LogP contribution in [0.15, 0.2) is 78.9 Å². The third-order valence-corrected chi connectivity index (χ3v) is 9.08. The van der Waals surface area contributed by atoms with Gasteiger partial charge < -0.3 is 10.2 Å². The number of sulfonamides is 1. The highest BCUT2D eigenvalue weighted by molar-refractivity contribution is 7.92. The zero-order valence-electron chi connectivity index (χ0n) is 23.6. The molecular weight excluding hydrogens is 558 g/mol. The van der Waals surface area contributed by atoms with Crippen molar-refractivity contribution in [2.45, 2.75) is 64.1 Å². The molecule has 0 spiro atoms. The molecule has 1 aliphatic carbocycles. The molecule has 3 aromatic carbocycles. The van der Waals surface area contributed by atoms with Gasteiger partial charge in [0.25, 0.3) is 0 Å². The lowest BCUT2D eigenvalue weighted by molar-refractivity contribution is -0.140. The molecule has 1 fully saturated rings. The van der Waals surface area contributed by atoms with Crippen LogP contribution < -0.4 is 9.62 Å². The number of carbonyl (C=O) groups excluding carboxylic acids is 2. The van der Waals surface area contributed by atoms with Gasteiger partial charge in [-0.2, -0.15) is 0 Å². The zero-order valence-corrected chi connectivity index (χ0v) is 25.2. The minimum Gasteiger partial charge on any atom is -0.352 e. The first-order valence-electron chi connectivity index (χ1n) is 14.0. The Bertz CT molecular complexity index is 1440. The highest BCUT2D eigenvalue weighted by Crippen LogP contribution is 2.25. The Hall–Kier alpha value is -3.36. The summed E-state index contributed by atoms with van der Waals surface area (Å²) in [5, 5.41) is 3.67. The van der Waals surface area contributed by atoms with Crippen molar-refractivity contribution < 1.29 is 18.0 Å². The first-order valence-corrected chi connectivity index (χ1v) is 16.3. The van der Waals surface area contributed by atoms with E-state index in [0.717, 1.165) is 53.8 Å². The van der Waals surface area contributed by atoms with Crippen molar-refractivity contribution in [3.8, 4) is 0 Å². The summed E-state index contributed by atoms with van der Waals surface area (Å²) in [5.74, 6) is -0.735. The number of aryl methyl sites for hydroxylation is 1. The van der Waals surface area contributed by atoms with Gasteiger partial charge in [-0.15, -0.1) is 0 Å². The average molecular weight is 596 g/mol. The third-order valence-electron chi connectivity index (χ3n) is 7.58. The molecule has 3 aromatic rings. The van der Waals surface area contributed by atoms with E-state index in [1.807, 2.05) is 48.5 Å². The molecule has 0 heterocycles.